The number of ether oxygens (including phenoxy) is 1. The SMILES string of the molecule is CCCc1nc2c(C)cccn2c1C(=O)Nc1ccccc1OCC. The number of para-hydroxylation sites is 2. The highest BCUT2D eigenvalue weighted by Crippen LogP contribution is 2.25. The van der Waals surface area contributed by atoms with Crippen molar-refractivity contribution >= 4 is 17.2 Å². The van der Waals surface area contributed by atoms with Gasteiger partial charge >= 0.3 is 0 Å². The van der Waals surface area contributed by atoms with Gasteiger partial charge < -0.3 is 10.1 Å². The van der Waals surface area contributed by atoms with E-state index >= 15 is 0 Å². The molecule has 0 bridgehead atoms. The number of amides is 1. The number of pyridine rings is 1. The molecule has 0 unspecified atom stereocenters. The molecule has 1 amide bonds. The number of hydrogen-bond donors (Lipinski definition) is 1. The Balaban J connectivity index is 2.02. The second-order valence-corrected chi connectivity index (χ2v) is 5.93. The number of fused-ring (bicyclic) bond motifs is 1. The van der Waals surface area contributed by atoms with Crippen LogP contribution in [0.2, 0.25) is 0 Å². The second kappa shape index (κ2) is 7.38. The Morgan fingerprint density at radius 1 is 1.20 bits per heavy atom. The van der Waals surface area contributed by atoms with Crippen molar-refractivity contribution in [1.82, 2.24) is 9.38 Å². The summed E-state index contributed by atoms with van der Waals surface area (Å²) >= 11 is 0. The van der Waals surface area contributed by atoms with E-state index in [-0.39, 0.29) is 5.91 Å². The van der Waals surface area contributed by atoms with Gasteiger partial charge in [-0.25, -0.2) is 4.98 Å². The number of benzene rings is 1. The largest absolute Gasteiger partial charge is 0.492 e. The van der Waals surface area contributed by atoms with E-state index in [9.17, 15) is 4.79 Å². The van der Waals surface area contributed by atoms with Crippen LogP contribution in [0, 0.1) is 6.92 Å². The number of rotatable bonds is 6. The lowest BCUT2D eigenvalue weighted by molar-refractivity contribution is 0.102. The van der Waals surface area contributed by atoms with Crippen molar-refractivity contribution in [3.63, 3.8) is 0 Å². The van der Waals surface area contributed by atoms with Crippen molar-refractivity contribution in [2.75, 3.05) is 11.9 Å². The summed E-state index contributed by atoms with van der Waals surface area (Å²) in [6.07, 6.45) is 3.58. The van der Waals surface area contributed by atoms with Gasteiger partial charge in [0.1, 0.15) is 17.1 Å². The van der Waals surface area contributed by atoms with E-state index in [2.05, 4.69) is 12.2 Å². The maximum Gasteiger partial charge on any atom is 0.274 e. The first-order chi connectivity index (χ1) is 12.2. The average molecular weight is 337 g/mol. The topological polar surface area (TPSA) is 55.6 Å². The monoisotopic (exact) mass is 337 g/mol. The van der Waals surface area contributed by atoms with Gasteiger partial charge in [0, 0.05) is 6.20 Å². The molecule has 1 aromatic carbocycles. The molecule has 2 heterocycles. The Kier molecular flexibility index (Phi) is 5.03. The highest BCUT2D eigenvalue weighted by molar-refractivity contribution is 6.05. The molecule has 0 saturated carbocycles. The number of carbonyl (C=O) groups excluding carboxylic acids is 1. The van der Waals surface area contributed by atoms with Crippen molar-refractivity contribution in [2.45, 2.75) is 33.6 Å². The zero-order valence-corrected chi connectivity index (χ0v) is 14.9. The van der Waals surface area contributed by atoms with Crippen LogP contribution < -0.4 is 10.1 Å². The Hall–Kier alpha value is -2.82. The number of hydrogen-bond acceptors (Lipinski definition) is 3. The van der Waals surface area contributed by atoms with Gasteiger partial charge in [0.2, 0.25) is 0 Å². The number of carbonyl (C=O) groups is 1. The molecule has 0 saturated heterocycles. The lowest BCUT2D eigenvalue weighted by atomic mass is 10.2. The summed E-state index contributed by atoms with van der Waals surface area (Å²) < 4.78 is 7.48. The zero-order chi connectivity index (χ0) is 17.8. The van der Waals surface area contributed by atoms with E-state index < -0.39 is 0 Å². The minimum absolute atomic E-state index is 0.172. The van der Waals surface area contributed by atoms with Crippen molar-refractivity contribution in [2.24, 2.45) is 0 Å². The number of anilines is 1. The molecule has 0 aliphatic rings. The van der Waals surface area contributed by atoms with Gasteiger partial charge in [-0.15, -0.1) is 0 Å². The summed E-state index contributed by atoms with van der Waals surface area (Å²) in [6, 6.07) is 11.4. The first-order valence-corrected chi connectivity index (χ1v) is 8.65. The Morgan fingerprint density at radius 2 is 2.00 bits per heavy atom. The normalized spacial score (nSPS) is 10.8. The van der Waals surface area contributed by atoms with Crippen molar-refractivity contribution in [1.29, 1.82) is 0 Å². The zero-order valence-electron chi connectivity index (χ0n) is 14.9. The quantitative estimate of drug-likeness (QED) is 0.732. The van der Waals surface area contributed by atoms with Crippen LogP contribution in [0.4, 0.5) is 5.69 Å². The highest BCUT2D eigenvalue weighted by Gasteiger charge is 2.20. The average Bonchev–Trinajstić information content (AvgIpc) is 2.97. The van der Waals surface area contributed by atoms with Crippen LogP contribution in [-0.2, 0) is 6.42 Å². The van der Waals surface area contributed by atoms with Crippen molar-refractivity contribution in [3.05, 3.63) is 59.5 Å². The number of aryl methyl sites for hydroxylation is 2. The van der Waals surface area contributed by atoms with Crippen molar-refractivity contribution < 1.29 is 9.53 Å². The number of nitrogens with zero attached hydrogens (tertiary/aromatic N) is 2. The van der Waals surface area contributed by atoms with E-state index in [1.807, 2.05) is 60.8 Å². The Labute approximate surface area is 147 Å². The summed E-state index contributed by atoms with van der Waals surface area (Å²) in [5.74, 6) is 0.495. The van der Waals surface area contributed by atoms with Crippen LogP contribution in [0.3, 0.4) is 0 Å². The van der Waals surface area contributed by atoms with Gasteiger partial charge in [0.05, 0.1) is 18.0 Å². The van der Waals surface area contributed by atoms with Crippen molar-refractivity contribution in [3.8, 4) is 5.75 Å². The Bertz CT molecular complexity index is 899. The first-order valence-electron chi connectivity index (χ1n) is 8.65. The number of aromatic nitrogens is 2. The lowest BCUT2D eigenvalue weighted by Gasteiger charge is -2.12. The second-order valence-electron chi connectivity index (χ2n) is 5.93. The van der Waals surface area contributed by atoms with E-state index in [0.29, 0.717) is 23.7 Å². The fourth-order valence-corrected chi connectivity index (χ4v) is 2.94. The van der Waals surface area contributed by atoms with Gasteiger partial charge in [0.25, 0.3) is 5.91 Å². The molecule has 0 fully saturated rings. The van der Waals surface area contributed by atoms with Gasteiger partial charge in [0.15, 0.2) is 0 Å². The number of nitrogens with one attached hydrogen (secondary N) is 1. The molecular weight excluding hydrogens is 314 g/mol. The maximum atomic E-state index is 13.0. The summed E-state index contributed by atoms with van der Waals surface area (Å²) in [6.45, 7) is 6.56. The van der Waals surface area contributed by atoms with Crippen LogP contribution in [-0.4, -0.2) is 21.9 Å². The third kappa shape index (κ3) is 3.36. The summed E-state index contributed by atoms with van der Waals surface area (Å²) in [4.78, 5) is 17.7. The molecule has 3 rings (SSSR count). The van der Waals surface area contributed by atoms with Gasteiger partial charge in [-0.1, -0.05) is 31.5 Å². The molecule has 0 radical (unpaired) electrons. The highest BCUT2D eigenvalue weighted by atomic mass is 16.5. The minimum atomic E-state index is -0.172. The van der Waals surface area contributed by atoms with Crippen LogP contribution in [0.1, 0.15) is 42.0 Å². The van der Waals surface area contributed by atoms with E-state index in [1.165, 1.54) is 0 Å². The summed E-state index contributed by atoms with van der Waals surface area (Å²) in [7, 11) is 0. The number of imidazole rings is 1. The molecule has 1 N–H and O–H groups in total. The molecule has 5 heteroatoms. The van der Waals surface area contributed by atoms with Gasteiger partial charge in [-0.05, 0) is 44.0 Å². The van der Waals surface area contributed by atoms with Crippen LogP contribution in [0.5, 0.6) is 5.75 Å². The third-order valence-electron chi connectivity index (χ3n) is 4.05. The van der Waals surface area contributed by atoms with E-state index in [0.717, 1.165) is 29.7 Å². The molecule has 5 nitrogen and oxygen atoms in total. The molecule has 0 atom stereocenters. The fraction of sp³-hybridized carbons (Fsp3) is 0.300. The first kappa shape index (κ1) is 17.0. The molecule has 2 aromatic heterocycles. The maximum absolute atomic E-state index is 13.0. The van der Waals surface area contributed by atoms with E-state index in [1.54, 1.807) is 0 Å². The standard InChI is InChI=1S/C20H23N3O2/c1-4-9-16-18(23-13-8-10-14(3)19(23)21-16)20(24)22-15-11-6-7-12-17(15)25-5-2/h6-8,10-13H,4-5,9H2,1-3H3,(H,22,24). The lowest BCUT2D eigenvalue weighted by Crippen LogP contribution is -2.17. The van der Waals surface area contributed by atoms with Crippen LogP contribution >= 0.6 is 0 Å². The van der Waals surface area contributed by atoms with Crippen LogP contribution in [0.25, 0.3) is 5.65 Å². The smallest absolute Gasteiger partial charge is 0.274 e. The summed E-state index contributed by atoms with van der Waals surface area (Å²) in [5.41, 5.74) is 3.96. The van der Waals surface area contributed by atoms with Gasteiger partial charge in [-0.2, -0.15) is 0 Å². The van der Waals surface area contributed by atoms with Crippen LogP contribution in [0.15, 0.2) is 42.6 Å². The fourth-order valence-electron chi connectivity index (χ4n) is 2.94. The predicted molar refractivity (Wildman–Crippen MR) is 99.5 cm³/mol. The predicted octanol–water partition coefficient (Wildman–Crippen LogP) is 4.25. The minimum Gasteiger partial charge on any atom is -0.492 e. The Morgan fingerprint density at radius 3 is 2.76 bits per heavy atom. The molecule has 0 spiro atoms. The third-order valence-corrected chi connectivity index (χ3v) is 4.05. The summed E-state index contributed by atoms with van der Waals surface area (Å²) in [5, 5.41) is 2.98. The molecule has 130 valence electrons. The molecule has 25 heavy (non-hydrogen) atoms. The molecule has 0 aliphatic heterocycles. The molecular formula is C20H23N3O2. The molecule has 3 aromatic rings. The van der Waals surface area contributed by atoms with E-state index in [4.69, 9.17) is 9.72 Å². The van der Waals surface area contributed by atoms with Gasteiger partial charge in [-0.3, -0.25) is 9.20 Å². The molecule has 0 aliphatic carbocycles.